The third kappa shape index (κ3) is 3.51. The molecule has 0 bridgehead atoms. The third-order valence-corrected chi connectivity index (χ3v) is 6.22. The van der Waals surface area contributed by atoms with Gasteiger partial charge < -0.3 is 9.67 Å². The number of fused-ring (bicyclic) bond motifs is 2. The number of hydrogen-bond donors (Lipinski definition) is 1. The van der Waals surface area contributed by atoms with E-state index in [9.17, 15) is 14.7 Å². The molecule has 0 aliphatic carbocycles. The minimum atomic E-state index is -0.975. The number of aliphatic carboxylic acids is 1. The van der Waals surface area contributed by atoms with Gasteiger partial charge in [0.15, 0.2) is 5.65 Å². The van der Waals surface area contributed by atoms with Gasteiger partial charge in [-0.2, -0.15) is 0 Å². The largest absolute Gasteiger partial charge is 0.481 e. The molecule has 7 heteroatoms. The summed E-state index contributed by atoms with van der Waals surface area (Å²) >= 11 is 0. The van der Waals surface area contributed by atoms with Crippen molar-refractivity contribution in [1.82, 2.24) is 18.7 Å². The summed E-state index contributed by atoms with van der Waals surface area (Å²) in [7, 11) is 2.00. The van der Waals surface area contributed by atoms with E-state index in [0.29, 0.717) is 17.7 Å². The van der Waals surface area contributed by atoms with Crippen molar-refractivity contribution in [2.45, 2.75) is 25.9 Å². The minimum absolute atomic E-state index is 0.215. The summed E-state index contributed by atoms with van der Waals surface area (Å²) in [6.45, 7) is 2.43. The Kier molecular flexibility index (Phi) is 5.09. The van der Waals surface area contributed by atoms with Gasteiger partial charge in [-0.25, -0.2) is 9.78 Å². The van der Waals surface area contributed by atoms with Crippen molar-refractivity contribution < 1.29 is 9.90 Å². The van der Waals surface area contributed by atoms with E-state index in [4.69, 9.17) is 0 Å². The van der Waals surface area contributed by atoms with Crippen LogP contribution in [0.25, 0.3) is 22.1 Å². The fourth-order valence-corrected chi connectivity index (χ4v) is 4.76. The molecule has 0 fully saturated rings. The summed E-state index contributed by atoms with van der Waals surface area (Å²) in [5.41, 5.74) is 4.93. The molecule has 0 unspecified atom stereocenters. The van der Waals surface area contributed by atoms with E-state index in [1.54, 1.807) is 16.8 Å². The molecule has 1 atom stereocenters. The van der Waals surface area contributed by atoms with Crippen molar-refractivity contribution in [3.63, 3.8) is 0 Å². The summed E-state index contributed by atoms with van der Waals surface area (Å²) in [5, 5.41) is 10.7. The zero-order chi connectivity index (χ0) is 23.1. The second-order valence-corrected chi connectivity index (χ2v) is 8.34. The normalized spacial score (nSPS) is 12.4. The van der Waals surface area contributed by atoms with Crippen molar-refractivity contribution in [3.8, 4) is 0 Å². The molecule has 3 heterocycles. The van der Waals surface area contributed by atoms with Crippen LogP contribution in [0.4, 0.5) is 0 Å². The Labute approximate surface area is 190 Å². The highest BCUT2D eigenvalue weighted by Crippen LogP contribution is 2.28. The van der Waals surface area contributed by atoms with Gasteiger partial charge in [-0.15, -0.1) is 0 Å². The molecule has 33 heavy (non-hydrogen) atoms. The highest BCUT2D eigenvalue weighted by molar-refractivity contribution is 5.87. The first kappa shape index (κ1) is 20.8. The van der Waals surface area contributed by atoms with E-state index in [2.05, 4.69) is 34.8 Å². The standard InChI is InChI=1S/C26H24N4O3/c1-17-8-6-11-20-24(17)19(15-28(20)2)16-29-21-12-7-13-27-25(21)30(26(29)33)22(14-23(31)32)18-9-4-3-5-10-18/h3-13,15,22H,14,16H2,1-2H3,(H,31,32)/t22-/m1/s1. The quantitative estimate of drug-likeness (QED) is 0.431. The van der Waals surface area contributed by atoms with E-state index in [-0.39, 0.29) is 12.1 Å². The minimum Gasteiger partial charge on any atom is -0.481 e. The number of nitrogens with zero attached hydrogens (tertiary/aromatic N) is 4. The van der Waals surface area contributed by atoms with Crippen molar-refractivity contribution in [1.29, 1.82) is 0 Å². The van der Waals surface area contributed by atoms with Gasteiger partial charge >= 0.3 is 11.7 Å². The number of rotatable bonds is 6. The number of benzene rings is 2. The van der Waals surface area contributed by atoms with E-state index in [1.807, 2.05) is 49.5 Å². The van der Waals surface area contributed by atoms with Crippen LogP contribution in [-0.2, 0) is 18.4 Å². The smallest absolute Gasteiger partial charge is 0.331 e. The summed E-state index contributed by atoms with van der Waals surface area (Å²) in [6, 6.07) is 18.4. The first-order valence-electron chi connectivity index (χ1n) is 10.8. The van der Waals surface area contributed by atoms with Crippen LogP contribution in [0.1, 0.15) is 29.2 Å². The van der Waals surface area contributed by atoms with Crippen LogP contribution in [0, 0.1) is 6.92 Å². The molecular weight excluding hydrogens is 416 g/mol. The molecule has 0 aliphatic heterocycles. The first-order valence-corrected chi connectivity index (χ1v) is 10.8. The molecular formula is C26H24N4O3. The molecule has 0 saturated heterocycles. The lowest BCUT2D eigenvalue weighted by molar-refractivity contribution is -0.137. The van der Waals surface area contributed by atoms with Crippen LogP contribution >= 0.6 is 0 Å². The number of aromatic nitrogens is 4. The number of carboxylic acid groups (broad SMARTS) is 1. The fourth-order valence-electron chi connectivity index (χ4n) is 4.76. The lowest BCUT2D eigenvalue weighted by Gasteiger charge is -2.17. The Morgan fingerprint density at radius 2 is 1.79 bits per heavy atom. The highest BCUT2D eigenvalue weighted by Gasteiger charge is 2.25. The lowest BCUT2D eigenvalue weighted by atomic mass is 10.0. The molecule has 2 aromatic carbocycles. The Morgan fingerprint density at radius 1 is 1.03 bits per heavy atom. The topological polar surface area (TPSA) is 82.1 Å². The highest BCUT2D eigenvalue weighted by atomic mass is 16.4. The Hall–Kier alpha value is -4.13. The van der Waals surface area contributed by atoms with E-state index < -0.39 is 12.0 Å². The average Bonchev–Trinajstić information content (AvgIpc) is 3.28. The van der Waals surface area contributed by atoms with Gasteiger partial charge in [0.05, 0.1) is 24.5 Å². The lowest BCUT2D eigenvalue weighted by Crippen LogP contribution is -2.29. The second kappa shape index (κ2) is 8.09. The summed E-state index contributed by atoms with van der Waals surface area (Å²) in [6.07, 6.45) is 3.47. The number of aryl methyl sites for hydroxylation is 2. The molecule has 166 valence electrons. The monoisotopic (exact) mass is 440 g/mol. The van der Waals surface area contributed by atoms with Crippen LogP contribution in [0.3, 0.4) is 0 Å². The van der Waals surface area contributed by atoms with Crippen molar-refractivity contribution >= 4 is 28.0 Å². The molecule has 0 spiro atoms. The van der Waals surface area contributed by atoms with Gasteiger partial charge in [0.25, 0.3) is 0 Å². The number of carboxylic acids is 1. The fraction of sp³-hybridized carbons (Fsp3) is 0.192. The van der Waals surface area contributed by atoms with Gasteiger partial charge in [-0.05, 0) is 41.8 Å². The maximum absolute atomic E-state index is 13.8. The number of imidazole rings is 1. The molecule has 0 saturated carbocycles. The zero-order valence-electron chi connectivity index (χ0n) is 18.5. The van der Waals surface area contributed by atoms with Crippen molar-refractivity contribution in [3.05, 3.63) is 100 Å². The van der Waals surface area contributed by atoms with Gasteiger partial charge in [0, 0.05) is 30.3 Å². The van der Waals surface area contributed by atoms with Crippen LogP contribution in [0.15, 0.2) is 77.9 Å². The summed E-state index contributed by atoms with van der Waals surface area (Å²) in [4.78, 5) is 30.0. The van der Waals surface area contributed by atoms with Gasteiger partial charge in [-0.3, -0.25) is 13.9 Å². The van der Waals surface area contributed by atoms with Crippen molar-refractivity contribution in [2.24, 2.45) is 7.05 Å². The predicted molar refractivity (Wildman–Crippen MR) is 128 cm³/mol. The van der Waals surface area contributed by atoms with Gasteiger partial charge in [0.2, 0.25) is 0 Å². The summed E-state index contributed by atoms with van der Waals surface area (Å²) in [5.74, 6) is -0.975. The molecule has 1 N–H and O–H groups in total. The molecule has 0 aliphatic rings. The molecule has 3 aromatic heterocycles. The third-order valence-electron chi connectivity index (χ3n) is 6.22. The van der Waals surface area contributed by atoms with E-state index >= 15 is 0 Å². The van der Waals surface area contributed by atoms with Crippen LogP contribution in [-0.4, -0.2) is 29.8 Å². The second-order valence-electron chi connectivity index (χ2n) is 8.34. The number of pyridine rings is 1. The predicted octanol–water partition coefficient (Wildman–Crippen LogP) is 4.11. The summed E-state index contributed by atoms with van der Waals surface area (Å²) < 4.78 is 5.29. The zero-order valence-corrected chi connectivity index (χ0v) is 18.5. The van der Waals surface area contributed by atoms with Gasteiger partial charge in [0.1, 0.15) is 0 Å². The molecule has 0 amide bonds. The molecule has 7 nitrogen and oxygen atoms in total. The van der Waals surface area contributed by atoms with Crippen molar-refractivity contribution in [2.75, 3.05) is 0 Å². The first-order chi connectivity index (χ1) is 16.0. The van der Waals surface area contributed by atoms with Gasteiger partial charge in [-0.1, -0.05) is 42.5 Å². The maximum Gasteiger partial charge on any atom is 0.331 e. The van der Waals surface area contributed by atoms with Crippen LogP contribution in [0.2, 0.25) is 0 Å². The van der Waals surface area contributed by atoms with Crippen LogP contribution in [0.5, 0.6) is 0 Å². The Balaban J connectivity index is 1.73. The van der Waals surface area contributed by atoms with E-state index in [1.165, 1.54) is 4.57 Å². The Bertz CT molecular complexity index is 1540. The van der Waals surface area contributed by atoms with E-state index in [0.717, 1.165) is 27.6 Å². The maximum atomic E-state index is 13.8. The number of hydrogen-bond acceptors (Lipinski definition) is 3. The number of carbonyl (C=O) groups is 1. The molecule has 5 rings (SSSR count). The average molecular weight is 441 g/mol. The molecule has 5 aromatic rings. The molecule has 0 radical (unpaired) electrons. The SMILES string of the molecule is Cc1cccc2c1c(Cn1c(=O)n([C@H](CC(=O)O)c3ccccc3)c3ncccc31)cn2C. The Morgan fingerprint density at radius 3 is 2.55 bits per heavy atom. The van der Waals surface area contributed by atoms with Crippen LogP contribution < -0.4 is 5.69 Å².